The first kappa shape index (κ1) is 24.5. The predicted molar refractivity (Wildman–Crippen MR) is 131 cm³/mol. The van der Waals surface area contributed by atoms with Crippen LogP contribution in [-0.4, -0.2) is 88.6 Å². The van der Waals surface area contributed by atoms with E-state index in [9.17, 15) is 13.2 Å². The van der Waals surface area contributed by atoms with Crippen molar-refractivity contribution in [3.8, 4) is 11.5 Å². The molecule has 0 aliphatic carbocycles. The van der Waals surface area contributed by atoms with Gasteiger partial charge in [0, 0.05) is 32.2 Å². The summed E-state index contributed by atoms with van der Waals surface area (Å²) in [7, 11) is 0.369. The number of piperazine rings is 1. The van der Waals surface area contributed by atoms with Crippen LogP contribution in [-0.2, 0) is 14.6 Å². The van der Waals surface area contributed by atoms with Crippen molar-refractivity contribution in [1.82, 2.24) is 15.1 Å². The SMILES string of the molecule is COc1ccc(C(NC(=O)CN2CCN([C@@H]3CCS(=O)(=O)C3)CC2)c2ccc(OC)cc2)cc1. The average Bonchev–Trinajstić information content (AvgIpc) is 3.23. The van der Waals surface area contributed by atoms with Gasteiger partial charge in [-0.15, -0.1) is 0 Å². The van der Waals surface area contributed by atoms with Gasteiger partial charge < -0.3 is 14.8 Å². The van der Waals surface area contributed by atoms with E-state index in [1.54, 1.807) is 14.2 Å². The van der Waals surface area contributed by atoms with E-state index in [0.29, 0.717) is 18.7 Å². The number of amides is 1. The van der Waals surface area contributed by atoms with Crippen LogP contribution in [0.2, 0.25) is 0 Å². The van der Waals surface area contributed by atoms with E-state index in [1.807, 2.05) is 48.5 Å². The minimum Gasteiger partial charge on any atom is -0.497 e. The number of hydrogen-bond acceptors (Lipinski definition) is 7. The quantitative estimate of drug-likeness (QED) is 0.607. The molecule has 2 aliphatic rings. The number of carbonyl (C=O) groups is 1. The molecule has 0 unspecified atom stereocenters. The summed E-state index contributed by atoms with van der Waals surface area (Å²) in [6, 6.07) is 15.2. The van der Waals surface area contributed by atoms with Gasteiger partial charge >= 0.3 is 0 Å². The maximum Gasteiger partial charge on any atom is 0.234 e. The van der Waals surface area contributed by atoms with Gasteiger partial charge in [0.25, 0.3) is 0 Å². The van der Waals surface area contributed by atoms with Crippen molar-refractivity contribution >= 4 is 15.7 Å². The van der Waals surface area contributed by atoms with Crippen LogP contribution >= 0.6 is 0 Å². The summed E-state index contributed by atoms with van der Waals surface area (Å²) in [5, 5.41) is 3.19. The Morgan fingerprint density at radius 3 is 1.91 bits per heavy atom. The number of carbonyl (C=O) groups excluding carboxylic acids is 1. The van der Waals surface area contributed by atoms with Crippen molar-refractivity contribution in [2.45, 2.75) is 18.5 Å². The molecule has 34 heavy (non-hydrogen) atoms. The van der Waals surface area contributed by atoms with E-state index in [4.69, 9.17) is 9.47 Å². The third-order valence-electron chi connectivity index (χ3n) is 6.70. The minimum atomic E-state index is -2.89. The molecule has 2 aliphatic heterocycles. The Labute approximate surface area is 201 Å². The van der Waals surface area contributed by atoms with Gasteiger partial charge in [0.05, 0.1) is 38.3 Å². The molecule has 2 aromatic rings. The predicted octanol–water partition coefficient (Wildman–Crippen LogP) is 1.71. The third-order valence-corrected chi connectivity index (χ3v) is 8.45. The van der Waals surface area contributed by atoms with E-state index < -0.39 is 9.84 Å². The van der Waals surface area contributed by atoms with E-state index in [1.165, 1.54) is 0 Å². The van der Waals surface area contributed by atoms with Crippen molar-refractivity contribution in [3.63, 3.8) is 0 Å². The maximum atomic E-state index is 13.0. The van der Waals surface area contributed by atoms with Crippen LogP contribution in [0.25, 0.3) is 0 Å². The molecule has 2 saturated heterocycles. The Morgan fingerprint density at radius 1 is 0.941 bits per heavy atom. The van der Waals surface area contributed by atoms with E-state index in [0.717, 1.165) is 48.8 Å². The van der Waals surface area contributed by atoms with Gasteiger partial charge in [-0.2, -0.15) is 0 Å². The number of nitrogens with zero attached hydrogens (tertiary/aromatic N) is 2. The zero-order chi connectivity index (χ0) is 24.1. The lowest BCUT2D eigenvalue weighted by atomic mass is 9.98. The molecule has 0 radical (unpaired) electrons. The number of sulfone groups is 1. The lowest BCUT2D eigenvalue weighted by molar-refractivity contribution is -0.123. The summed E-state index contributed by atoms with van der Waals surface area (Å²) < 4.78 is 34.1. The summed E-state index contributed by atoms with van der Waals surface area (Å²) in [5.41, 5.74) is 1.93. The number of nitrogens with one attached hydrogen (secondary N) is 1. The molecule has 4 rings (SSSR count). The number of hydrogen-bond donors (Lipinski definition) is 1. The van der Waals surface area contributed by atoms with Gasteiger partial charge in [0.15, 0.2) is 9.84 Å². The molecule has 2 aromatic carbocycles. The van der Waals surface area contributed by atoms with Crippen molar-refractivity contribution in [2.75, 3.05) is 58.4 Å². The first-order chi connectivity index (χ1) is 16.4. The highest BCUT2D eigenvalue weighted by molar-refractivity contribution is 7.91. The molecule has 1 atom stereocenters. The van der Waals surface area contributed by atoms with E-state index in [2.05, 4.69) is 15.1 Å². The Kier molecular flexibility index (Phi) is 7.75. The zero-order valence-electron chi connectivity index (χ0n) is 19.8. The largest absolute Gasteiger partial charge is 0.497 e. The lowest BCUT2D eigenvalue weighted by Crippen LogP contribution is -2.52. The summed E-state index contributed by atoms with van der Waals surface area (Å²) >= 11 is 0. The van der Waals surface area contributed by atoms with Crippen LogP contribution < -0.4 is 14.8 Å². The second-order valence-electron chi connectivity index (χ2n) is 8.92. The molecule has 0 spiro atoms. The Morgan fingerprint density at radius 2 is 1.47 bits per heavy atom. The monoisotopic (exact) mass is 487 g/mol. The fourth-order valence-electron chi connectivity index (χ4n) is 4.71. The average molecular weight is 488 g/mol. The first-order valence-corrected chi connectivity index (χ1v) is 13.4. The highest BCUT2D eigenvalue weighted by Crippen LogP contribution is 2.26. The Balaban J connectivity index is 1.38. The fourth-order valence-corrected chi connectivity index (χ4v) is 6.47. The van der Waals surface area contributed by atoms with Crippen LogP contribution in [0.3, 0.4) is 0 Å². The molecule has 184 valence electrons. The normalized spacial score (nSPS) is 20.9. The summed E-state index contributed by atoms with van der Waals surface area (Å²) in [6.07, 6.45) is 0.716. The minimum absolute atomic E-state index is 0.0477. The molecule has 0 bridgehead atoms. The van der Waals surface area contributed by atoms with E-state index >= 15 is 0 Å². The van der Waals surface area contributed by atoms with Gasteiger partial charge in [-0.1, -0.05) is 24.3 Å². The van der Waals surface area contributed by atoms with Crippen molar-refractivity contribution in [2.24, 2.45) is 0 Å². The van der Waals surface area contributed by atoms with Gasteiger partial charge in [-0.25, -0.2) is 8.42 Å². The topological polar surface area (TPSA) is 88.2 Å². The number of rotatable bonds is 8. The van der Waals surface area contributed by atoms with Crippen molar-refractivity contribution < 1.29 is 22.7 Å². The van der Waals surface area contributed by atoms with Gasteiger partial charge in [-0.05, 0) is 41.8 Å². The van der Waals surface area contributed by atoms with Gasteiger partial charge in [0.1, 0.15) is 11.5 Å². The molecule has 0 aromatic heterocycles. The number of benzene rings is 2. The van der Waals surface area contributed by atoms with Gasteiger partial charge in [-0.3, -0.25) is 14.6 Å². The molecular formula is C25H33N3O5S. The first-order valence-electron chi connectivity index (χ1n) is 11.6. The molecule has 2 fully saturated rings. The van der Waals surface area contributed by atoms with Crippen LogP contribution in [0.15, 0.2) is 48.5 Å². The van der Waals surface area contributed by atoms with Crippen LogP contribution in [0.5, 0.6) is 11.5 Å². The molecule has 2 heterocycles. The highest BCUT2D eigenvalue weighted by atomic mass is 32.2. The summed E-state index contributed by atoms with van der Waals surface area (Å²) in [4.78, 5) is 17.4. The molecule has 1 N–H and O–H groups in total. The molecular weight excluding hydrogens is 454 g/mol. The van der Waals surface area contributed by atoms with Gasteiger partial charge in [0.2, 0.25) is 5.91 Å². The second-order valence-corrected chi connectivity index (χ2v) is 11.1. The number of ether oxygens (including phenoxy) is 2. The third kappa shape index (κ3) is 6.08. The van der Waals surface area contributed by atoms with E-state index in [-0.39, 0.29) is 23.7 Å². The highest BCUT2D eigenvalue weighted by Gasteiger charge is 2.34. The van der Waals surface area contributed by atoms with Crippen LogP contribution in [0.4, 0.5) is 0 Å². The molecule has 9 heteroatoms. The number of methoxy groups -OCH3 is 2. The smallest absolute Gasteiger partial charge is 0.234 e. The summed E-state index contributed by atoms with van der Waals surface area (Å²) in [5.74, 6) is 2.03. The fraction of sp³-hybridized carbons (Fsp3) is 0.480. The molecule has 0 saturated carbocycles. The summed E-state index contributed by atoms with van der Waals surface area (Å²) in [6.45, 7) is 3.38. The van der Waals surface area contributed by atoms with Crippen LogP contribution in [0, 0.1) is 0 Å². The maximum absolute atomic E-state index is 13.0. The molecule has 8 nitrogen and oxygen atoms in total. The zero-order valence-corrected chi connectivity index (χ0v) is 20.6. The second kappa shape index (κ2) is 10.8. The lowest BCUT2D eigenvalue weighted by Gasteiger charge is -2.37. The van der Waals surface area contributed by atoms with Crippen molar-refractivity contribution in [1.29, 1.82) is 0 Å². The standard InChI is InChI=1S/C25H33N3O5S/c1-32-22-7-3-19(4-8-22)25(20-5-9-23(33-2)10-6-20)26-24(29)17-27-12-14-28(15-13-27)21-11-16-34(30,31)18-21/h3-10,21,25H,11-18H2,1-2H3,(H,26,29)/t21-/m1/s1. The Hall–Kier alpha value is -2.62. The van der Waals surface area contributed by atoms with Crippen molar-refractivity contribution in [3.05, 3.63) is 59.7 Å². The molecule has 1 amide bonds. The van der Waals surface area contributed by atoms with Crippen LogP contribution in [0.1, 0.15) is 23.6 Å². The Bertz CT molecular complexity index is 1020.